The lowest BCUT2D eigenvalue weighted by Crippen LogP contribution is -2.50. The topological polar surface area (TPSA) is 52.6 Å². The summed E-state index contributed by atoms with van der Waals surface area (Å²) in [6, 6.07) is 0. The van der Waals surface area contributed by atoms with Gasteiger partial charge in [0.05, 0.1) is 6.61 Å². The minimum atomic E-state index is -0.816. The second kappa shape index (κ2) is 4.59. The SMILES string of the molecule is CCOC(=O)[C@@]12CCC(C)=C[C@@H]1OC(=O)C=C2C. The van der Waals surface area contributed by atoms with Crippen molar-refractivity contribution in [1.82, 2.24) is 0 Å². The van der Waals surface area contributed by atoms with Crippen LogP contribution in [0.5, 0.6) is 0 Å². The molecule has 1 heterocycles. The number of fused-ring (bicyclic) bond motifs is 1. The molecule has 0 aromatic carbocycles. The molecule has 0 aromatic heterocycles. The van der Waals surface area contributed by atoms with Crippen molar-refractivity contribution >= 4 is 11.9 Å². The number of esters is 2. The van der Waals surface area contributed by atoms with Crippen molar-refractivity contribution in [3.8, 4) is 0 Å². The zero-order valence-corrected chi connectivity index (χ0v) is 11.0. The summed E-state index contributed by atoms with van der Waals surface area (Å²) in [6.45, 7) is 5.90. The Morgan fingerprint density at radius 3 is 2.94 bits per heavy atom. The lowest BCUT2D eigenvalue weighted by molar-refractivity contribution is -0.167. The van der Waals surface area contributed by atoms with Crippen LogP contribution < -0.4 is 0 Å². The van der Waals surface area contributed by atoms with Gasteiger partial charge in [0.15, 0.2) is 0 Å². The molecule has 0 bridgehead atoms. The summed E-state index contributed by atoms with van der Waals surface area (Å²) in [5, 5.41) is 0. The lowest BCUT2D eigenvalue weighted by atomic mass is 9.67. The minimum absolute atomic E-state index is 0.292. The molecule has 1 aliphatic heterocycles. The molecule has 2 atom stereocenters. The van der Waals surface area contributed by atoms with Crippen molar-refractivity contribution in [3.63, 3.8) is 0 Å². The van der Waals surface area contributed by atoms with E-state index in [-0.39, 0.29) is 11.9 Å². The van der Waals surface area contributed by atoms with E-state index in [1.807, 2.05) is 13.0 Å². The Balaban J connectivity index is 2.47. The number of carbonyl (C=O) groups is 2. The highest BCUT2D eigenvalue weighted by molar-refractivity contribution is 5.91. The van der Waals surface area contributed by atoms with E-state index in [2.05, 4.69) is 0 Å². The maximum absolute atomic E-state index is 12.3. The fourth-order valence-electron chi connectivity index (χ4n) is 2.68. The lowest BCUT2D eigenvalue weighted by Gasteiger charge is -2.42. The first kappa shape index (κ1) is 12.9. The van der Waals surface area contributed by atoms with Gasteiger partial charge in [0.1, 0.15) is 11.5 Å². The molecule has 0 amide bonds. The van der Waals surface area contributed by atoms with E-state index < -0.39 is 11.5 Å². The molecular weight excluding hydrogens is 232 g/mol. The number of allylic oxidation sites excluding steroid dienone is 1. The smallest absolute Gasteiger partial charge is 0.331 e. The van der Waals surface area contributed by atoms with E-state index in [4.69, 9.17) is 9.47 Å². The molecule has 4 heteroatoms. The first-order valence-corrected chi connectivity index (χ1v) is 6.24. The number of hydrogen-bond donors (Lipinski definition) is 0. The normalized spacial score (nSPS) is 30.8. The Labute approximate surface area is 107 Å². The molecule has 0 spiro atoms. The predicted octanol–water partition coefficient (Wildman–Crippen LogP) is 2.15. The fraction of sp³-hybridized carbons (Fsp3) is 0.571. The van der Waals surface area contributed by atoms with Crippen molar-refractivity contribution in [1.29, 1.82) is 0 Å². The number of ether oxygens (including phenoxy) is 2. The first-order chi connectivity index (χ1) is 8.50. The molecular formula is C14H18O4. The summed E-state index contributed by atoms with van der Waals surface area (Å²) in [5.74, 6) is -0.677. The third-order valence-electron chi connectivity index (χ3n) is 3.76. The van der Waals surface area contributed by atoms with Crippen LogP contribution in [0.1, 0.15) is 33.6 Å². The largest absolute Gasteiger partial charge is 0.465 e. The van der Waals surface area contributed by atoms with Gasteiger partial charge < -0.3 is 9.47 Å². The molecule has 0 saturated carbocycles. The molecule has 0 unspecified atom stereocenters. The molecule has 2 rings (SSSR count). The number of rotatable bonds is 2. The Kier molecular flexibility index (Phi) is 3.28. The van der Waals surface area contributed by atoms with Crippen LogP contribution in [0, 0.1) is 5.41 Å². The molecule has 2 aliphatic rings. The van der Waals surface area contributed by atoms with Gasteiger partial charge in [-0.3, -0.25) is 4.79 Å². The maximum Gasteiger partial charge on any atom is 0.331 e. The molecule has 0 fully saturated rings. The van der Waals surface area contributed by atoms with E-state index in [9.17, 15) is 9.59 Å². The van der Waals surface area contributed by atoms with E-state index in [1.165, 1.54) is 6.08 Å². The van der Waals surface area contributed by atoms with Crippen LogP contribution in [0.25, 0.3) is 0 Å². The zero-order valence-electron chi connectivity index (χ0n) is 11.0. The Bertz CT molecular complexity index is 447. The maximum atomic E-state index is 12.3. The van der Waals surface area contributed by atoms with Gasteiger partial charge in [-0.05, 0) is 45.3 Å². The van der Waals surface area contributed by atoms with Crippen LogP contribution in [0.4, 0.5) is 0 Å². The van der Waals surface area contributed by atoms with Crippen LogP contribution in [0.3, 0.4) is 0 Å². The summed E-state index contributed by atoms with van der Waals surface area (Å²) >= 11 is 0. The van der Waals surface area contributed by atoms with Gasteiger partial charge in [0, 0.05) is 6.08 Å². The quantitative estimate of drug-likeness (QED) is 0.556. The van der Waals surface area contributed by atoms with Gasteiger partial charge in [-0.2, -0.15) is 0 Å². The average molecular weight is 250 g/mol. The predicted molar refractivity (Wildman–Crippen MR) is 65.7 cm³/mol. The van der Waals surface area contributed by atoms with Crippen molar-refractivity contribution in [2.75, 3.05) is 6.61 Å². The Hall–Kier alpha value is -1.58. The molecule has 98 valence electrons. The van der Waals surface area contributed by atoms with Crippen LogP contribution in [-0.4, -0.2) is 24.6 Å². The van der Waals surface area contributed by atoms with Gasteiger partial charge >= 0.3 is 11.9 Å². The summed E-state index contributed by atoms with van der Waals surface area (Å²) in [7, 11) is 0. The van der Waals surface area contributed by atoms with Crippen LogP contribution in [0.15, 0.2) is 23.3 Å². The van der Waals surface area contributed by atoms with Crippen molar-refractivity contribution in [3.05, 3.63) is 23.3 Å². The van der Waals surface area contributed by atoms with Gasteiger partial charge in [0.25, 0.3) is 0 Å². The zero-order chi connectivity index (χ0) is 13.3. The first-order valence-electron chi connectivity index (χ1n) is 6.24. The molecule has 0 aromatic rings. The second-order valence-electron chi connectivity index (χ2n) is 4.89. The molecule has 0 radical (unpaired) electrons. The molecule has 18 heavy (non-hydrogen) atoms. The van der Waals surface area contributed by atoms with Gasteiger partial charge in [-0.15, -0.1) is 0 Å². The van der Waals surface area contributed by atoms with E-state index >= 15 is 0 Å². The Morgan fingerprint density at radius 1 is 1.56 bits per heavy atom. The van der Waals surface area contributed by atoms with Crippen LogP contribution >= 0.6 is 0 Å². The average Bonchev–Trinajstić information content (AvgIpc) is 2.28. The minimum Gasteiger partial charge on any atom is -0.465 e. The standard InChI is InChI=1S/C14H18O4/c1-4-17-13(16)14-6-5-9(2)7-11(14)18-12(15)8-10(14)3/h7-8,11H,4-6H2,1-3H3/t11-,14+/m0/s1. The third-order valence-corrected chi connectivity index (χ3v) is 3.76. The highest BCUT2D eigenvalue weighted by Crippen LogP contribution is 2.46. The van der Waals surface area contributed by atoms with Crippen molar-refractivity contribution < 1.29 is 19.1 Å². The highest BCUT2D eigenvalue weighted by Gasteiger charge is 2.53. The molecule has 0 N–H and O–H groups in total. The Morgan fingerprint density at radius 2 is 2.28 bits per heavy atom. The van der Waals surface area contributed by atoms with Crippen molar-refractivity contribution in [2.45, 2.75) is 39.7 Å². The van der Waals surface area contributed by atoms with E-state index in [0.717, 1.165) is 17.6 Å². The van der Waals surface area contributed by atoms with Crippen LogP contribution in [0.2, 0.25) is 0 Å². The monoisotopic (exact) mass is 250 g/mol. The highest BCUT2D eigenvalue weighted by atomic mass is 16.6. The third kappa shape index (κ3) is 1.85. The summed E-state index contributed by atoms with van der Waals surface area (Å²) in [5.41, 5.74) is 1.07. The van der Waals surface area contributed by atoms with Crippen LogP contribution in [-0.2, 0) is 19.1 Å². The summed E-state index contributed by atoms with van der Waals surface area (Å²) in [4.78, 5) is 23.8. The van der Waals surface area contributed by atoms with E-state index in [1.54, 1.807) is 13.8 Å². The van der Waals surface area contributed by atoms with Gasteiger partial charge in [-0.25, -0.2) is 4.79 Å². The van der Waals surface area contributed by atoms with Gasteiger partial charge in [-0.1, -0.05) is 5.57 Å². The number of hydrogen-bond acceptors (Lipinski definition) is 4. The number of carbonyl (C=O) groups excluding carboxylic acids is 2. The fourth-order valence-corrected chi connectivity index (χ4v) is 2.68. The van der Waals surface area contributed by atoms with Crippen molar-refractivity contribution in [2.24, 2.45) is 5.41 Å². The molecule has 1 aliphatic carbocycles. The molecule has 4 nitrogen and oxygen atoms in total. The van der Waals surface area contributed by atoms with E-state index in [0.29, 0.717) is 13.0 Å². The summed E-state index contributed by atoms with van der Waals surface area (Å²) < 4.78 is 10.5. The van der Waals surface area contributed by atoms with Gasteiger partial charge in [0.2, 0.25) is 0 Å². The second-order valence-corrected chi connectivity index (χ2v) is 4.89. The summed E-state index contributed by atoms with van der Waals surface area (Å²) in [6.07, 6.45) is 4.20. The molecule has 0 saturated heterocycles.